The standard InChI is InChI=1S/C25H27F2NO4/c1-2-31-21-6-4-16(22(26)23(21)27)12-32-20-5-3-15-10-25(11-18(15)9-20)13-28(14-25)19-7-17(8-19)24(29)30/h3-6,9,17,19H,2,7-8,10-14H2,1H3,(H,29,30). The first-order valence-corrected chi connectivity index (χ1v) is 11.2. The monoisotopic (exact) mass is 443 g/mol. The zero-order valence-electron chi connectivity index (χ0n) is 18.1. The third kappa shape index (κ3) is 3.72. The number of carboxylic acids is 1. The zero-order chi connectivity index (χ0) is 22.5. The first kappa shape index (κ1) is 21.2. The van der Waals surface area contributed by atoms with Crippen molar-refractivity contribution in [2.45, 2.75) is 45.3 Å². The van der Waals surface area contributed by atoms with Gasteiger partial charge in [-0.15, -0.1) is 0 Å². The molecule has 0 bridgehead atoms. The minimum atomic E-state index is -0.987. The molecule has 0 radical (unpaired) electrons. The number of halogens is 2. The molecule has 2 aromatic carbocycles. The van der Waals surface area contributed by atoms with Crippen molar-refractivity contribution in [2.75, 3.05) is 19.7 Å². The summed E-state index contributed by atoms with van der Waals surface area (Å²) in [6.07, 6.45) is 3.52. The van der Waals surface area contributed by atoms with Gasteiger partial charge in [-0.1, -0.05) is 6.07 Å². The lowest BCUT2D eigenvalue weighted by atomic mass is 9.71. The first-order valence-electron chi connectivity index (χ1n) is 11.2. The number of rotatable bonds is 7. The molecule has 0 aromatic heterocycles. The van der Waals surface area contributed by atoms with Crippen LogP contribution in [0.5, 0.6) is 11.5 Å². The van der Waals surface area contributed by atoms with Gasteiger partial charge in [0.1, 0.15) is 12.4 Å². The van der Waals surface area contributed by atoms with E-state index >= 15 is 0 Å². The van der Waals surface area contributed by atoms with Crippen LogP contribution in [0, 0.1) is 23.0 Å². The zero-order valence-corrected chi connectivity index (χ0v) is 18.1. The van der Waals surface area contributed by atoms with Gasteiger partial charge in [0.25, 0.3) is 0 Å². The Morgan fingerprint density at radius 2 is 1.84 bits per heavy atom. The van der Waals surface area contributed by atoms with Crippen LogP contribution in [0.3, 0.4) is 0 Å². The molecule has 170 valence electrons. The van der Waals surface area contributed by atoms with Gasteiger partial charge in [-0.3, -0.25) is 9.69 Å². The Balaban J connectivity index is 1.18. The van der Waals surface area contributed by atoms with Crippen LogP contribution in [0.4, 0.5) is 8.78 Å². The van der Waals surface area contributed by atoms with Crippen LogP contribution >= 0.6 is 0 Å². The summed E-state index contributed by atoms with van der Waals surface area (Å²) >= 11 is 0. The molecule has 2 aromatic rings. The van der Waals surface area contributed by atoms with Crippen molar-refractivity contribution in [3.05, 3.63) is 58.7 Å². The third-order valence-electron chi connectivity index (χ3n) is 7.19. The van der Waals surface area contributed by atoms with Gasteiger partial charge in [-0.05, 0) is 68.0 Å². The molecular formula is C25H27F2NO4. The van der Waals surface area contributed by atoms with Crippen LogP contribution in [0.15, 0.2) is 30.3 Å². The Bertz CT molecular complexity index is 1040. The second-order valence-corrected chi connectivity index (χ2v) is 9.42. The van der Waals surface area contributed by atoms with Gasteiger partial charge in [0.2, 0.25) is 5.82 Å². The number of fused-ring (bicyclic) bond motifs is 1. The molecule has 7 heteroatoms. The maximum atomic E-state index is 14.3. The van der Waals surface area contributed by atoms with Crippen LogP contribution in [-0.4, -0.2) is 41.7 Å². The van der Waals surface area contributed by atoms with E-state index in [1.165, 1.54) is 23.3 Å². The molecule has 5 nitrogen and oxygen atoms in total. The molecule has 32 heavy (non-hydrogen) atoms. The average Bonchev–Trinajstić information content (AvgIpc) is 3.08. The Morgan fingerprint density at radius 1 is 1.09 bits per heavy atom. The second kappa shape index (κ2) is 8.03. The molecule has 1 heterocycles. The molecule has 0 unspecified atom stereocenters. The molecule has 5 rings (SSSR count). The third-order valence-corrected chi connectivity index (χ3v) is 7.19. The molecule has 2 fully saturated rings. The molecule has 2 aliphatic carbocycles. The maximum absolute atomic E-state index is 14.3. The number of hydrogen-bond donors (Lipinski definition) is 1. The van der Waals surface area contributed by atoms with E-state index in [4.69, 9.17) is 14.6 Å². The smallest absolute Gasteiger partial charge is 0.306 e. The fourth-order valence-electron chi connectivity index (χ4n) is 5.40. The van der Waals surface area contributed by atoms with Crippen molar-refractivity contribution in [2.24, 2.45) is 11.3 Å². The SMILES string of the molecule is CCOc1ccc(COc2ccc3c(c2)CC2(C3)CN(C3CC(C(=O)O)C3)C2)c(F)c1F. The van der Waals surface area contributed by atoms with E-state index in [9.17, 15) is 13.6 Å². The van der Waals surface area contributed by atoms with Crippen LogP contribution in [0.2, 0.25) is 0 Å². The predicted molar refractivity (Wildman–Crippen MR) is 114 cm³/mol. The molecule has 0 amide bonds. The Morgan fingerprint density at radius 3 is 2.56 bits per heavy atom. The number of hydrogen-bond acceptors (Lipinski definition) is 4. The van der Waals surface area contributed by atoms with E-state index in [1.807, 2.05) is 12.1 Å². The van der Waals surface area contributed by atoms with E-state index in [0.717, 1.165) is 38.8 Å². The summed E-state index contributed by atoms with van der Waals surface area (Å²) in [6, 6.07) is 9.30. The highest BCUT2D eigenvalue weighted by Crippen LogP contribution is 2.48. The summed E-state index contributed by atoms with van der Waals surface area (Å²) in [7, 11) is 0. The summed E-state index contributed by atoms with van der Waals surface area (Å²) in [5, 5.41) is 9.08. The van der Waals surface area contributed by atoms with Gasteiger partial charge in [-0.2, -0.15) is 4.39 Å². The molecule has 1 N–H and O–H groups in total. The highest BCUT2D eigenvalue weighted by atomic mass is 19.2. The summed E-state index contributed by atoms with van der Waals surface area (Å²) in [5.74, 6) is -2.22. The Labute approximate surface area is 185 Å². The van der Waals surface area contributed by atoms with Crippen molar-refractivity contribution in [1.29, 1.82) is 0 Å². The lowest BCUT2D eigenvalue weighted by Gasteiger charge is -2.55. The van der Waals surface area contributed by atoms with Crippen LogP contribution in [-0.2, 0) is 24.2 Å². The minimum Gasteiger partial charge on any atom is -0.491 e. The number of ether oxygens (including phenoxy) is 2. The number of aliphatic carboxylic acids is 1. The second-order valence-electron chi connectivity index (χ2n) is 9.42. The van der Waals surface area contributed by atoms with Gasteiger partial charge in [0.15, 0.2) is 11.6 Å². The molecular weight excluding hydrogens is 416 g/mol. The molecule has 0 atom stereocenters. The highest BCUT2D eigenvalue weighted by Gasteiger charge is 2.51. The van der Waals surface area contributed by atoms with E-state index in [-0.39, 0.29) is 35.9 Å². The summed E-state index contributed by atoms with van der Waals surface area (Å²) in [6.45, 7) is 3.94. The van der Waals surface area contributed by atoms with Crippen LogP contribution in [0.1, 0.15) is 36.5 Å². The van der Waals surface area contributed by atoms with Gasteiger partial charge in [0, 0.05) is 30.1 Å². The molecule has 1 saturated carbocycles. The van der Waals surface area contributed by atoms with E-state index in [1.54, 1.807) is 6.92 Å². The van der Waals surface area contributed by atoms with Crippen molar-refractivity contribution in [3.63, 3.8) is 0 Å². The van der Waals surface area contributed by atoms with Gasteiger partial charge < -0.3 is 14.6 Å². The number of benzene rings is 2. The van der Waals surface area contributed by atoms with E-state index in [0.29, 0.717) is 11.8 Å². The summed E-state index contributed by atoms with van der Waals surface area (Å²) in [4.78, 5) is 13.5. The maximum Gasteiger partial charge on any atom is 0.306 e. The topological polar surface area (TPSA) is 59.0 Å². The fourth-order valence-corrected chi connectivity index (χ4v) is 5.40. The quantitative estimate of drug-likeness (QED) is 0.695. The summed E-state index contributed by atoms with van der Waals surface area (Å²) < 4.78 is 39.2. The van der Waals surface area contributed by atoms with Crippen LogP contribution in [0.25, 0.3) is 0 Å². The van der Waals surface area contributed by atoms with E-state index in [2.05, 4.69) is 11.0 Å². The van der Waals surface area contributed by atoms with Gasteiger partial charge in [-0.25, -0.2) is 4.39 Å². The lowest BCUT2D eigenvalue weighted by molar-refractivity contribution is -0.150. The number of carbonyl (C=O) groups is 1. The largest absolute Gasteiger partial charge is 0.491 e. The van der Waals surface area contributed by atoms with Crippen molar-refractivity contribution >= 4 is 5.97 Å². The molecule has 1 aliphatic heterocycles. The van der Waals surface area contributed by atoms with E-state index < -0.39 is 17.6 Å². The summed E-state index contributed by atoms with van der Waals surface area (Å²) in [5.41, 5.74) is 2.95. The molecule has 1 spiro atoms. The van der Waals surface area contributed by atoms with Gasteiger partial charge in [0.05, 0.1) is 12.5 Å². The average molecular weight is 443 g/mol. The molecule has 1 saturated heterocycles. The first-order chi connectivity index (χ1) is 15.4. The number of nitrogens with zero attached hydrogens (tertiary/aromatic N) is 1. The van der Waals surface area contributed by atoms with Crippen molar-refractivity contribution < 1.29 is 28.2 Å². The van der Waals surface area contributed by atoms with Gasteiger partial charge >= 0.3 is 5.97 Å². The van der Waals surface area contributed by atoms with Crippen molar-refractivity contribution in [1.82, 2.24) is 4.90 Å². The number of likely N-dealkylation sites (tertiary alicyclic amines) is 1. The fraction of sp³-hybridized carbons (Fsp3) is 0.480. The number of carboxylic acid groups (broad SMARTS) is 1. The van der Waals surface area contributed by atoms with Crippen LogP contribution < -0.4 is 9.47 Å². The Hall–Kier alpha value is -2.67. The predicted octanol–water partition coefficient (Wildman–Crippen LogP) is 4.21. The Kier molecular flexibility index (Phi) is 5.32. The normalized spacial score (nSPS) is 23.3. The lowest BCUT2D eigenvalue weighted by Crippen LogP contribution is -2.63. The minimum absolute atomic E-state index is 0.0563. The highest BCUT2D eigenvalue weighted by molar-refractivity contribution is 5.71. The molecule has 3 aliphatic rings. The van der Waals surface area contributed by atoms with Crippen molar-refractivity contribution in [3.8, 4) is 11.5 Å².